The quantitative estimate of drug-likeness (QED) is 0.724. The van der Waals surface area contributed by atoms with Crippen LogP contribution in [0.4, 0.5) is 0 Å². The van der Waals surface area contributed by atoms with E-state index in [9.17, 15) is 0 Å². The van der Waals surface area contributed by atoms with E-state index in [4.69, 9.17) is 0 Å². The van der Waals surface area contributed by atoms with Gasteiger partial charge in [-0.2, -0.15) is 0 Å². The number of hydrogen-bond donors (Lipinski definition) is 1. The summed E-state index contributed by atoms with van der Waals surface area (Å²) in [6, 6.07) is 0. The minimum atomic E-state index is 0.0762. The van der Waals surface area contributed by atoms with Gasteiger partial charge < -0.3 is 4.98 Å². The summed E-state index contributed by atoms with van der Waals surface area (Å²) in [5.41, 5.74) is 1.98. The predicted octanol–water partition coefficient (Wildman–Crippen LogP) is 4.33. The Balaban J connectivity index is 3.11. The summed E-state index contributed by atoms with van der Waals surface area (Å²) in [5.74, 6) is 1.03. The fourth-order valence-corrected chi connectivity index (χ4v) is 1.91. The Hall–Kier alpha value is -1.57. The number of aromatic nitrogens is 2. The lowest BCUT2D eigenvalue weighted by Crippen LogP contribution is -2.18. The molecule has 92 valence electrons. The van der Waals surface area contributed by atoms with Gasteiger partial charge >= 0.3 is 0 Å². The molecule has 17 heavy (non-hydrogen) atoms. The molecule has 0 unspecified atom stereocenters. The summed E-state index contributed by atoms with van der Waals surface area (Å²) in [4.78, 5) is 7.99. The first-order chi connectivity index (χ1) is 8.05. The molecule has 0 aliphatic heterocycles. The van der Waals surface area contributed by atoms with Gasteiger partial charge in [0.05, 0.1) is 11.4 Å². The van der Waals surface area contributed by atoms with Gasteiger partial charge in [0.15, 0.2) is 0 Å². The summed E-state index contributed by atoms with van der Waals surface area (Å²) in [7, 11) is 0. The van der Waals surface area contributed by atoms with Crippen LogP contribution in [0.1, 0.15) is 50.8 Å². The molecule has 2 heteroatoms. The second-order valence-corrected chi connectivity index (χ2v) is 4.82. The standard InChI is InChI=1S/C15H22N2/c1-6-9-10-13-12(8-3)16-14(17-13)15(4,5)11-7-2/h6,8-10H,1,3,7,11H2,2,4-5H3,(H,16,17)/b10-9-. The van der Waals surface area contributed by atoms with Gasteiger partial charge in [-0.15, -0.1) is 0 Å². The van der Waals surface area contributed by atoms with E-state index in [0.29, 0.717) is 0 Å². The van der Waals surface area contributed by atoms with Crippen LogP contribution >= 0.6 is 0 Å². The average molecular weight is 230 g/mol. The molecule has 1 heterocycles. The van der Waals surface area contributed by atoms with Crippen LogP contribution in [0.3, 0.4) is 0 Å². The van der Waals surface area contributed by atoms with Crippen molar-refractivity contribution in [1.82, 2.24) is 9.97 Å². The van der Waals surface area contributed by atoms with Crippen molar-refractivity contribution in [2.75, 3.05) is 0 Å². The molecule has 1 rings (SSSR count). The van der Waals surface area contributed by atoms with Crippen LogP contribution in [0, 0.1) is 0 Å². The summed E-state index contributed by atoms with van der Waals surface area (Å²) < 4.78 is 0. The number of hydrogen-bond acceptors (Lipinski definition) is 1. The van der Waals surface area contributed by atoms with Crippen LogP contribution in [-0.4, -0.2) is 9.97 Å². The largest absolute Gasteiger partial charge is 0.342 e. The molecule has 0 aliphatic carbocycles. The summed E-state index contributed by atoms with van der Waals surface area (Å²) in [6.45, 7) is 14.1. The maximum Gasteiger partial charge on any atom is 0.112 e. The van der Waals surface area contributed by atoms with Crippen molar-refractivity contribution in [2.24, 2.45) is 0 Å². The number of imidazole rings is 1. The molecular weight excluding hydrogens is 208 g/mol. The van der Waals surface area contributed by atoms with Crippen molar-refractivity contribution in [3.8, 4) is 0 Å². The smallest absolute Gasteiger partial charge is 0.112 e. The monoisotopic (exact) mass is 230 g/mol. The molecule has 0 aliphatic rings. The number of rotatable bonds is 6. The molecular formula is C15H22N2. The van der Waals surface area contributed by atoms with Gasteiger partial charge in [-0.05, 0) is 18.6 Å². The lowest BCUT2D eigenvalue weighted by atomic mass is 9.87. The number of allylic oxidation sites excluding steroid dienone is 2. The van der Waals surface area contributed by atoms with Gasteiger partial charge in [0.2, 0.25) is 0 Å². The normalized spacial score (nSPS) is 11.9. The van der Waals surface area contributed by atoms with Crippen LogP contribution in [0.15, 0.2) is 25.3 Å². The zero-order chi connectivity index (χ0) is 12.9. The number of H-pyrrole nitrogens is 1. The molecule has 0 saturated heterocycles. The summed E-state index contributed by atoms with van der Waals surface area (Å²) in [6.07, 6.45) is 9.67. The molecule has 0 fully saturated rings. The van der Waals surface area contributed by atoms with E-state index >= 15 is 0 Å². The molecule has 1 aromatic heterocycles. The fraction of sp³-hybridized carbons (Fsp3) is 0.400. The third kappa shape index (κ3) is 3.19. The van der Waals surface area contributed by atoms with E-state index in [-0.39, 0.29) is 5.41 Å². The second-order valence-electron chi connectivity index (χ2n) is 4.82. The Morgan fingerprint density at radius 1 is 1.35 bits per heavy atom. The maximum atomic E-state index is 4.61. The molecule has 2 nitrogen and oxygen atoms in total. The number of nitrogens with one attached hydrogen (secondary N) is 1. The highest BCUT2D eigenvalue weighted by Crippen LogP contribution is 2.27. The number of nitrogens with zero attached hydrogens (tertiary/aromatic N) is 1. The Morgan fingerprint density at radius 3 is 2.59 bits per heavy atom. The fourth-order valence-electron chi connectivity index (χ4n) is 1.91. The Labute approximate surface area is 104 Å². The zero-order valence-corrected chi connectivity index (χ0v) is 11.1. The van der Waals surface area contributed by atoms with Crippen molar-refractivity contribution >= 4 is 12.2 Å². The molecule has 0 aromatic carbocycles. The van der Waals surface area contributed by atoms with E-state index in [2.05, 4.69) is 43.9 Å². The molecule has 0 bridgehead atoms. The zero-order valence-electron chi connectivity index (χ0n) is 11.1. The van der Waals surface area contributed by atoms with Gasteiger partial charge in [0, 0.05) is 5.41 Å². The number of aromatic amines is 1. The highest BCUT2D eigenvalue weighted by atomic mass is 14.9. The lowest BCUT2D eigenvalue weighted by Gasteiger charge is -2.20. The minimum absolute atomic E-state index is 0.0762. The minimum Gasteiger partial charge on any atom is -0.342 e. The van der Waals surface area contributed by atoms with Crippen molar-refractivity contribution in [3.63, 3.8) is 0 Å². The van der Waals surface area contributed by atoms with E-state index in [1.165, 1.54) is 0 Å². The van der Waals surface area contributed by atoms with Gasteiger partial charge in [0.1, 0.15) is 5.82 Å². The van der Waals surface area contributed by atoms with E-state index in [1.807, 2.05) is 12.2 Å². The third-order valence-corrected chi connectivity index (χ3v) is 2.87. The topological polar surface area (TPSA) is 28.7 Å². The van der Waals surface area contributed by atoms with E-state index < -0.39 is 0 Å². The summed E-state index contributed by atoms with van der Waals surface area (Å²) >= 11 is 0. The van der Waals surface area contributed by atoms with E-state index in [0.717, 1.165) is 30.1 Å². The Morgan fingerprint density at radius 2 is 2.06 bits per heavy atom. The van der Waals surface area contributed by atoms with Crippen LogP contribution in [0.25, 0.3) is 12.2 Å². The first-order valence-electron chi connectivity index (χ1n) is 6.07. The summed E-state index contributed by atoms with van der Waals surface area (Å²) in [5, 5.41) is 0. The van der Waals surface area contributed by atoms with Gasteiger partial charge in [-0.3, -0.25) is 0 Å². The molecule has 0 radical (unpaired) electrons. The molecule has 0 saturated carbocycles. The van der Waals surface area contributed by atoms with Crippen LogP contribution in [-0.2, 0) is 5.41 Å². The van der Waals surface area contributed by atoms with Gasteiger partial charge in [-0.1, -0.05) is 52.5 Å². The predicted molar refractivity (Wildman–Crippen MR) is 75.8 cm³/mol. The van der Waals surface area contributed by atoms with Crippen molar-refractivity contribution in [3.05, 3.63) is 42.5 Å². The first-order valence-corrected chi connectivity index (χ1v) is 6.07. The molecule has 1 aromatic rings. The maximum absolute atomic E-state index is 4.61. The lowest BCUT2D eigenvalue weighted by molar-refractivity contribution is 0.448. The molecule has 0 atom stereocenters. The van der Waals surface area contributed by atoms with Crippen LogP contribution < -0.4 is 0 Å². The molecule has 0 spiro atoms. The third-order valence-electron chi connectivity index (χ3n) is 2.87. The first kappa shape index (κ1) is 13.5. The van der Waals surface area contributed by atoms with Crippen LogP contribution in [0.5, 0.6) is 0 Å². The van der Waals surface area contributed by atoms with Crippen LogP contribution in [0.2, 0.25) is 0 Å². The molecule has 0 amide bonds. The van der Waals surface area contributed by atoms with Gasteiger partial charge in [0.25, 0.3) is 0 Å². The second kappa shape index (κ2) is 5.67. The Bertz CT molecular complexity index is 422. The molecule has 1 N–H and O–H groups in total. The van der Waals surface area contributed by atoms with Crippen molar-refractivity contribution in [2.45, 2.75) is 39.0 Å². The Kier molecular flexibility index (Phi) is 4.50. The van der Waals surface area contributed by atoms with E-state index in [1.54, 1.807) is 12.2 Å². The average Bonchev–Trinajstić information content (AvgIpc) is 2.70. The SMILES string of the molecule is C=C/C=C\c1[nH]c(C(C)(C)CCC)nc1C=C. The van der Waals surface area contributed by atoms with Crippen molar-refractivity contribution < 1.29 is 0 Å². The highest BCUT2D eigenvalue weighted by Gasteiger charge is 2.23. The van der Waals surface area contributed by atoms with Gasteiger partial charge in [-0.25, -0.2) is 4.98 Å². The van der Waals surface area contributed by atoms with Crippen molar-refractivity contribution in [1.29, 1.82) is 0 Å². The highest BCUT2D eigenvalue weighted by molar-refractivity contribution is 5.60.